The topological polar surface area (TPSA) is 216 Å². The van der Waals surface area contributed by atoms with Crippen LogP contribution in [0.4, 0.5) is 0 Å². The molecule has 12 nitrogen and oxygen atoms in total. The smallest absolute Gasteiger partial charge is 0.855 e. The zero-order valence-electron chi connectivity index (χ0n) is 23.3. The first-order valence-corrected chi connectivity index (χ1v) is 15.4. The molecule has 5 rings (SSSR count). The molecule has 0 atom stereocenters. The van der Waals surface area contributed by atoms with Crippen LogP contribution in [0.3, 0.4) is 0 Å². The van der Waals surface area contributed by atoms with Crippen molar-refractivity contribution in [2.45, 2.75) is 57.3 Å². The van der Waals surface area contributed by atoms with E-state index in [1.807, 2.05) is 0 Å². The molecule has 0 radical (unpaired) electrons. The van der Waals surface area contributed by atoms with E-state index in [4.69, 9.17) is 26.5 Å². The van der Waals surface area contributed by atoms with Crippen molar-refractivity contribution >= 4 is 100 Å². The number of carbonyl (C=O) groups excluding carboxylic acids is 1. The van der Waals surface area contributed by atoms with Gasteiger partial charge in [0.1, 0.15) is 16.1 Å². The van der Waals surface area contributed by atoms with Gasteiger partial charge in [-0.05, 0) is 102 Å². The van der Waals surface area contributed by atoms with E-state index in [9.17, 15) is 14.4 Å². The van der Waals surface area contributed by atoms with E-state index in [1.165, 1.54) is 19.0 Å². The average Bonchev–Trinajstić information content (AvgIpc) is 3.79. The van der Waals surface area contributed by atoms with Crippen LogP contribution < -0.4 is 40.4 Å². The summed E-state index contributed by atoms with van der Waals surface area (Å²) in [6.45, 7) is 1.57. The average molecular weight is 892 g/mol. The molecule has 0 aliphatic heterocycles. The first kappa shape index (κ1) is 44.3. The normalized spacial score (nSPS) is 14.7. The van der Waals surface area contributed by atoms with Crippen molar-refractivity contribution in [2.24, 2.45) is 11.7 Å². The Morgan fingerprint density at radius 2 is 1.47 bits per heavy atom. The van der Waals surface area contributed by atoms with Gasteiger partial charge in [-0.15, -0.1) is 19.0 Å². The van der Waals surface area contributed by atoms with Crippen molar-refractivity contribution in [1.29, 1.82) is 5.41 Å². The molecule has 0 aromatic carbocycles. The molecule has 0 amide bonds. The van der Waals surface area contributed by atoms with Gasteiger partial charge in [-0.25, -0.2) is 29.5 Å². The number of carboxylic acid groups (broad SMARTS) is 2. The van der Waals surface area contributed by atoms with Crippen molar-refractivity contribution in [1.82, 2.24) is 19.9 Å². The second-order valence-electron chi connectivity index (χ2n) is 8.64. The van der Waals surface area contributed by atoms with E-state index >= 15 is 0 Å². The Morgan fingerprint density at radius 1 is 1.02 bits per heavy atom. The molecule has 3 aliphatic rings. The Bertz CT molecular complexity index is 1240. The van der Waals surface area contributed by atoms with Crippen LogP contribution in [-0.4, -0.2) is 60.8 Å². The largest absolute Gasteiger partial charge is 1.00 e. The maximum atomic E-state index is 10.7. The number of amidine groups is 1. The quantitative estimate of drug-likeness (QED) is 0.109. The number of hydrogen-bond donors (Lipinski definition) is 4. The van der Waals surface area contributed by atoms with Gasteiger partial charge in [-0.2, -0.15) is 0 Å². The maximum Gasteiger partial charge on any atom is 1.00 e. The molecule has 3 aliphatic carbocycles. The predicted molar refractivity (Wildman–Crippen MR) is 173 cm³/mol. The fourth-order valence-electron chi connectivity index (χ4n) is 2.49. The van der Waals surface area contributed by atoms with E-state index < -0.39 is 11.9 Å². The summed E-state index contributed by atoms with van der Waals surface area (Å²) < 4.78 is 1.22. The van der Waals surface area contributed by atoms with Crippen LogP contribution in [0.2, 0.25) is 0 Å². The summed E-state index contributed by atoms with van der Waals surface area (Å²) in [5, 5.41) is 32.7. The number of carbonyl (C=O) groups is 3. The molecule has 2 aromatic rings. The number of aliphatic carboxylic acids is 1. The van der Waals surface area contributed by atoms with Gasteiger partial charge in [0, 0.05) is 37.8 Å². The van der Waals surface area contributed by atoms with Crippen molar-refractivity contribution in [3.8, 4) is 0 Å². The molecule has 2 aromatic heterocycles. The van der Waals surface area contributed by atoms with E-state index in [1.54, 1.807) is 19.3 Å². The van der Waals surface area contributed by atoms with Gasteiger partial charge in [-0.1, -0.05) is 6.92 Å². The van der Waals surface area contributed by atoms with E-state index in [-0.39, 0.29) is 64.7 Å². The summed E-state index contributed by atoms with van der Waals surface area (Å²) in [6.07, 6.45) is 12.5. The second-order valence-corrected chi connectivity index (χ2v) is 12.1. The molecule has 3 saturated carbocycles. The number of nitrogens with zero attached hydrogens (tertiary/aromatic N) is 4. The molecule has 2 heterocycles. The van der Waals surface area contributed by atoms with Crippen molar-refractivity contribution in [3.05, 3.63) is 53.8 Å². The second kappa shape index (κ2) is 23.5. The van der Waals surface area contributed by atoms with E-state index in [0.29, 0.717) is 40.2 Å². The van der Waals surface area contributed by atoms with Gasteiger partial charge in [-0.3, -0.25) is 10.2 Å². The SMILES string of the molecule is Brc1cnc(C2CC2)nc1.CC[O-].Cl.N=C(N)C1CC1.O=C(O)c1nc(C2CC2)ncc1Br.O=C/C(Br)=C(/Br)C(=O)O.[2HH].[Na+]. The number of aromatic carboxylic acids is 1. The van der Waals surface area contributed by atoms with Crippen molar-refractivity contribution in [2.75, 3.05) is 6.61 Å². The van der Waals surface area contributed by atoms with Gasteiger partial charge in [0.15, 0.2) is 12.0 Å². The third-order valence-electron chi connectivity index (χ3n) is 5.01. The Labute approximate surface area is 312 Å². The van der Waals surface area contributed by atoms with Crippen LogP contribution in [0.5, 0.6) is 0 Å². The predicted octanol–water partition coefficient (Wildman–Crippen LogP) is 2.57. The number of carboxylic acids is 2. The zero-order valence-corrected chi connectivity index (χ0v) is 32.5. The molecule has 18 heteroatoms. The van der Waals surface area contributed by atoms with Gasteiger partial charge in [0.25, 0.3) is 0 Å². The summed E-state index contributed by atoms with van der Waals surface area (Å²) in [5.74, 6) is 1.34. The molecule has 234 valence electrons. The van der Waals surface area contributed by atoms with Crippen LogP contribution in [0, 0.1) is 11.3 Å². The van der Waals surface area contributed by atoms with Crippen molar-refractivity contribution < 1.29 is 60.7 Å². The molecule has 5 N–H and O–H groups in total. The number of rotatable bonds is 6. The Morgan fingerprint density at radius 3 is 1.77 bits per heavy atom. The van der Waals surface area contributed by atoms with Crippen LogP contribution in [-0.2, 0) is 9.59 Å². The Kier molecular flexibility index (Phi) is 24.2. The molecule has 0 spiro atoms. The minimum absolute atomic E-state index is 0. The third-order valence-corrected chi connectivity index (χ3v) is 7.88. The summed E-state index contributed by atoms with van der Waals surface area (Å²) in [6, 6.07) is 0. The maximum absolute atomic E-state index is 10.7. The molecule has 0 unspecified atom stereocenters. The fraction of sp³-hybridized carbons (Fsp3) is 0.440. The van der Waals surface area contributed by atoms with E-state index in [2.05, 4.69) is 83.7 Å². The first-order valence-electron chi connectivity index (χ1n) is 12.2. The van der Waals surface area contributed by atoms with Crippen LogP contribution >= 0.6 is 76.1 Å². The summed E-state index contributed by atoms with van der Waals surface area (Å²) in [4.78, 5) is 47.0. The fourth-order valence-corrected chi connectivity index (χ4v) is 3.32. The molecular formula is C25H32Br4ClN6NaO6. The number of aromatic nitrogens is 4. The summed E-state index contributed by atoms with van der Waals surface area (Å²) in [7, 11) is 0. The summed E-state index contributed by atoms with van der Waals surface area (Å²) >= 11 is 11.8. The molecular weight excluding hydrogens is 858 g/mol. The van der Waals surface area contributed by atoms with Gasteiger partial charge in [0.05, 0.1) is 19.3 Å². The zero-order chi connectivity index (χ0) is 31.1. The number of nitrogens with two attached hydrogens (primary N) is 1. The van der Waals surface area contributed by atoms with Gasteiger partial charge in [0.2, 0.25) is 0 Å². The minimum atomic E-state index is -1.17. The van der Waals surface area contributed by atoms with E-state index in [0.717, 1.165) is 36.0 Å². The monoisotopic (exact) mass is 887 g/mol. The van der Waals surface area contributed by atoms with Gasteiger partial charge < -0.3 is 21.1 Å². The standard InChI is InChI=1S/C8H7BrN2O2.C7H7BrN2.C4H2Br2O3.C4H8N2.C2H5O.ClH.Na.H2/c9-5-3-10-7(4-1-2-4)11-6(5)8(12)13;8-6-3-9-7(10-4-6)5-1-2-5;5-2(1-7)3(6)4(8)9;5-4(6)3-1-2-3;1-2-3;;;/h3-4H,1-2H2,(H,12,13);3-5H,1-2H2;1H,(H,8,9);3H,1-2H2,(H3,5,6);2H2,1H3;1H;;1H/q;;;;-1;;+1;/b;;3-2-;;;;;/i;;;;;;;1+1. The Hall–Kier alpha value is -0.850. The third kappa shape index (κ3) is 19.3. The number of aldehydes is 1. The first-order chi connectivity index (χ1) is 19.4. The van der Waals surface area contributed by atoms with Crippen LogP contribution in [0.25, 0.3) is 0 Å². The Balaban J connectivity index is -0.000000496. The number of allylic oxidation sites excluding steroid dienone is 1. The number of halogens is 5. The molecule has 0 bridgehead atoms. The molecule has 0 saturated heterocycles. The molecule has 43 heavy (non-hydrogen) atoms. The number of hydrogen-bond acceptors (Lipinski definition) is 9. The summed E-state index contributed by atoms with van der Waals surface area (Å²) in [5.41, 5.74) is 5.13. The van der Waals surface area contributed by atoms with Crippen molar-refractivity contribution in [3.63, 3.8) is 0 Å². The van der Waals surface area contributed by atoms with Gasteiger partial charge >= 0.3 is 41.5 Å². The number of nitrogens with one attached hydrogen (secondary N) is 1. The van der Waals surface area contributed by atoms with Crippen LogP contribution in [0.15, 0.2) is 36.5 Å². The minimum Gasteiger partial charge on any atom is -0.855 e. The van der Waals surface area contributed by atoms with Crippen LogP contribution in [0.1, 0.15) is 80.8 Å². The molecule has 3 fully saturated rings.